The topological polar surface area (TPSA) is 65.4 Å². The molecule has 0 saturated heterocycles. The number of methoxy groups -OCH3 is 2. The minimum atomic E-state index is -0.330. The van der Waals surface area contributed by atoms with Crippen LogP contribution in [0.3, 0.4) is 0 Å². The Kier molecular flexibility index (Phi) is 5.91. The highest BCUT2D eigenvalue weighted by Gasteiger charge is 2.21. The van der Waals surface area contributed by atoms with Crippen LogP contribution >= 0.6 is 11.6 Å². The van der Waals surface area contributed by atoms with E-state index in [0.29, 0.717) is 33.5 Å². The Morgan fingerprint density at radius 2 is 1.58 bits per heavy atom. The van der Waals surface area contributed by atoms with Gasteiger partial charge in [-0.3, -0.25) is 4.79 Å². The standard InChI is InChI=1S/C24H20ClN3O3/c1-30-21-14-20(22(31-2)13-19(21)25)26-24(29)18-15-28(17-11-7-4-8-12-17)27-23(18)16-9-5-3-6-10-16/h3-15H,1-2H3,(H,26,29). The summed E-state index contributed by atoms with van der Waals surface area (Å²) in [6.45, 7) is 0. The molecule has 1 N–H and O–H groups in total. The molecule has 1 heterocycles. The van der Waals surface area contributed by atoms with E-state index in [2.05, 4.69) is 10.4 Å². The number of hydrogen-bond acceptors (Lipinski definition) is 4. The van der Waals surface area contributed by atoms with Crippen molar-refractivity contribution in [2.75, 3.05) is 19.5 Å². The van der Waals surface area contributed by atoms with Gasteiger partial charge in [-0.15, -0.1) is 0 Å². The zero-order valence-electron chi connectivity index (χ0n) is 17.0. The highest BCUT2D eigenvalue weighted by molar-refractivity contribution is 6.32. The van der Waals surface area contributed by atoms with Crippen molar-refractivity contribution in [3.8, 4) is 28.4 Å². The SMILES string of the molecule is COc1cc(NC(=O)c2cn(-c3ccccc3)nc2-c2ccccc2)c(OC)cc1Cl. The molecule has 3 aromatic carbocycles. The molecule has 1 aromatic heterocycles. The number of nitrogens with one attached hydrogen (secondary N) is 1. The third-order valence-corrected chi connectivity index (χ3v) is 5.04. The molecule has 4 rings (SSSR count). The highest BCUT2D eigenvalue weighted by atomic mass is 35.5. The van der Waals surface area contributed by atoms with Gasteiger partial charge in [-0.25, -0.2) is 4.68 Å². The average Bonchev–Trinajstić information content (AvgIpc) is 3.27. The first-order chi connectivity index (χ1) is 15.1. The summed E-state index contributed by atoms with van der Waals surface area (Å²) in [5.74, 6) is 0.528. The quantitative estimate of drug-likeness (QED) is 0.438. The second kappa shape index (κ2) is 8.93. The van der Waals surface area contributed by atoms with Crippen LogP contribution in [-0.4, -0.2) is 29.9 Å². The minimum absolute atomic E-state index is 0.330. The van der Waals surface area contributed by atoms with E-state index in [-0.39, 0.29) is 5.91 Å². The van der Waals surface area contributed by atoms with E-state index < -0.39 is 0 Å². The maximum atomic E-state index is 13.3. The number of halogens is 1. The summed E-state index contributed by atoms with van der Waals surface area (Å²) in [4.78, 5) is 13.3. The lowest BCUT2D eigenvalue weighted by Gasteiger charge is -2.13. The molecule has 0 aliphatic carbocycles. The monoisotopic (exact) mass is 433 g/mol. The zero-order valence-corrected chi connectivity index (χ0v) is 17.8. The first-order valence-corrected chi connectivity index (χ1v) is 9.92. The lowest BCUT2D eigenvalue weighted by atomic mass is 10.1. The fraction of sp³-hybridized carbons (Fsp3) is 0.0833. The van der Waals surface area contributed by atoms with E-state index in [1.807, 2.05) is 60.7 Å². The van der Waals surface area contributed by atoms with Crippen molar-refractivity contribution in [2.24, 2.45) is 0 Å². The van der Waals surface area contributed by atoms with Crippen LogP contribution in [0, 0.1) is 0 Å². The first kappa shape index (κ1) is 20.5. The number of amides is 1. The minimum Gasteiger partial charge on any atom is -0.495 e. The molecule has 156 valence electrons. The largest absolute Gasteiger partial charge is 0.495 e. The number of rotatable bonds is 6. The second-order valence-electron chi connectivity index (χ2n) is 6.68. The average molecular weight is 434 g/mol. The summed E-state index contributed by atoms with van der Waals surface area (Å²) in [6, 6.07) is 22.4. The molecule has 0 radical (unpaired) electrons. The molecule has 0 atom stereocenters. The second-order valence-corrected chi connectivity index (χ2v) is 7.09. The van der Waals surface area contributed by atoms with Crippen LogP contribution in [0.4, 0.5) is 5.69 Å². The maximum absolute atomic E-state index is 13.3. The molecule has 0 fully saturated rings. The summed E-state index contributed by atoms with van der Waals surface area (Å²) in [6.07, 6.45) is 1.71. The van der Waals surface area contributed by atoms with Gasteiger partial charge < -0.3 is 14.8 Å². The van der Waals surface area contributed by atoms with Gasteiger partial charge in [-0.1, -0.05) is 60.1 Å². The summed E-state index contributed by atoms with van der Waals surface area (Å²) < 4.78 is 12.3. The summed E-state index contributed by atoms with van der Waals surface area (Å²) >= 11 is 6.18. The van der Waals surface area contributed by atoms with Crippen molar-refractivity contribution in [2.45, 2.75) is 0 Å². The van der Waals surface area contributed by atoms with Crippen LogP contribution in [0.2, 0.25) is 5.02 Å². The third-order valence-electron chi connectivity index (χ3n) is 4.75. The third kappa shape index (κ3) is 4.25. The van der Waals surface area contributed by atoms with Gasteiger partial charge >= 0.3 is 0 Å². The zero-order chi connectivity index (χ0) is 21.8. The number of nitrogens with zero attached hydrogens (tertiary/aromatic N) is 2. The van der Waals surface area contributed by atoms with Gasteiger partial charge in [0.25, 0.3) is 5.91 Å². The molecule has 0 aliphatic heterocycles. The van der Waals surface area contributed by atoms with Crippen LogP contribution in [-0.2, 0) is 0 Å². The number of ether oxygens (including phenoxy) is 2. The van der Waals surface area contributed by atoms with E-state index in [0.717, 1.165) is 11.3 Å². The van der Waals surface area contributed by atoms with E-state index in [1.54, 1.807) is 23.0 Å². The number of carbonyl (C=O) groups excluding carboxylic acids is 1. The van der Waals surface area contributed by atoms with Crippen molar-refractivity contribution >= 4 is 23.2 Å². The molecule has 0 unspecified atom stereocenters. The highest BCUT2D eigenvalue weighted by Crippen LogP contribution is 2.36. The van der Waals surface area contributed by atoms with Gasteiger partial charge in [0.15, 0.2) is 0 Å². The predicted octanol–water partition coefficient (Wildman–Crippen LogP) is 5.46. The number of hydrogen-bond donors (Lipinski definition) is 1. The number of para-hydroxylation sites is 1. The van der Waals surface area contributed by atoms with Crippen LogP contribution in [0.25, 0.3) is 16.9 Å². The van der Waals surface area contributed by atoms with E-state index in [1.165, 1.54) is 14.2 Å². The number of anilines is 1. The summed E-state index contributed by atoms with van der Waals surface area (Å²) in [5, 5.41) is 7.97. The van der Waals surface area contributed by atoms with Gasteiger partial charge in [-0.2, -0.15) is 5.10 Å². The van der Waals surface area contributed by atoms with Crippen LogP contribution in [0.5, 0.6) is 11.5 Å². The van der Waals surface area contributed by atoms with Crippen LogP contribution in [0.1, 0.15) is 10.4 Å². The van der Waals surface area contributed by atoms with E-state index in [9.17, 15) is 4.79 Å². The number of benzene rings is 3. The molecule has 7 heteroatoms. The lowest BCUT2D eigenvalue weighted by molar-refractivity contribution is 0.102. The Morgan fingerprint density at radius 1 is 0.935 bits per heavy atom. The molecule has 0 spiro atoms. The molecule has 0 aliphatic rings. The molecular weight excluding hydrogens is 414 g/mol. The van der Waals surface area contributed by atoms with Crippen molar-refractivity contribution < 1.29 is 14.3 Å². The fourth-order valence-electron chi connectivity index (χ4n) is 3.21. The van der Waals surface area contributed by atoms with Crippen molar-refractivity contribution in [3.05, 3.63) is 89.6 Å². The van der Waals surface area contributed by atoms with Crippen molar-refractivity contribution in [1.29, 1.82) is 0 Å². The smallest absolute Gasteiger partial charge is 0.259 e. The molecule has 1 amide bonds. The Hall–Kier alpha value is -3.77. The van der Waals surface area contributed by atoms with Crippen LogP contribution < -0.4 is 14.8 Å². The van der Waals surface area contributed by atoms with Crippen LogP contribution in [0.15, 0.2) is 79.0 Å². The molecule has 4 aromatic rings. The molecular formula is C24H20ClN3O3. The van der Waals surface area contributed by atoms with Crippen molar-refractivity contribution in [3.63, 3.8) is 0 Å². The number of carbonyl (C=O) groups is 1. The summed E-state index contributed by atoms with van der Waals surface area (Å²) in [7, 11) is 3.02. The lowest BCUT2D eigenvalue weighted by Crippen LogP contribution is -2.13. The van der Waals surface area contributed by atoms with Gasteiger partial charge in [0.2, 0.25) is 0 Å². The fourth-order valence-corrected chi connectivity index (χ4v) is 3.44. The van der Waals surface area contributed by atoms with Gasteiger partial charge in [0.1, 0.15) is 17.2 Å². The first-order valence-electron chi connectivity index (χ1n) is 9.54. The normalized spacial score (nSPS) is 10.5. The van der Waals surface area contributed by atoms with Crippen molar-refractivity contribution in [1.82, 2.24) is 9.78 Å². The van der Waals surface area contributed by atoms with Gasteiger partial charge in [0.05, 0.1) is 36.2 Å². The number of aromatic nitrogens is 2. The predicted molar refractivity (Wildman–Crippen MR) is 122 cm³/mol. The summed E-state index contributed by atoms with van der Waals surface area (Å²) in [5.41, 5.74) is 3.13. The Labute approximate surface area is 185 Å². The molecule has 0 saturated carbocycles. The molecule has 31 heavy (non-hydrogen) atoms. The van der Waals surface area contributed by atoms with E-state index >= 15 is 0 Å². The Balaban J connectivity index is 1.77. The van der Waals surface area contributed by atoms with Gasteiger partial charge in [0, 0.05) is 23.9 Å². The Bertz CT molecular complexity index is 1210. The Morgan fingerprint density at radius 3 is 2.23 bits per heavy atom. The van der Waals surface area contributed by atoms with Gasteiger partial charge in [-0.05, 0) is 12.1 Å². The molecule has 6 nitrogen and oxygen atoms in total. The molecule has 0 bridgehead atoms. The maximum Gasteiger partial charge on any atom is 0.259 e. The van der Waals surface area contributed by atoms with E-state index in [4.69, 9.17) is 21.1 Å².